The van der Waals surface area contributed by atoms with E-state index in [4.69, 9.17) is 0 Å². The number of anilines is 1. The highest BCUT2D eigenvalue weighted by atomic mass is 19.1. The predicted octanol–water partition coefficient (Wildman–Crippen LogP) is 3.06. The Hall–Kier alpha value is -2.99. The molecule has 2 amide bonds. The Morgan fingerprint density at radius 1 is 0.897 bits per heavy atom. The number of amides is 2. The Morgan fingerprint density at radius 3 is 2.17 bits per heavy atom. The van der Waals surface area contributed by atoms with Crippen LogP contribution in [0.1, 0.15) is 18.1 Å². The topological polar surface area (TPSA) is 43.9 Å². The fourth-order valence-electron chi connectivity index (χ4n) is 3.93. The van der Waals surface area contributed by atoms with Gasteiger partial charge in [0.1, 0.15) is 11.5 Å². The number of carbonyl (C=O) groups excluding carboxylic acids is 2. The van der Waals surface area contributed by atoms with Crippen LogP contribution in [0.5, 0.6) is 0 Å². The first kappa shape index (κ1) is 19.3. The molecule has 0 bridgehead atoms. The first-order valence-corrected chi connectivity index (χ1v) is 9.93. The molecule has 0 spiro atoms. The van der Waals surface area contributed by atoms with Gasteiger partial charge in [0.25, 0.3) is 11.8 Å². The lowest BCUT2D eigenvalue weighted by Gasteiger charge is -2.36. The molecule has 4 rings (SSSR count). The molecule has 1 saturated heterocycles. The number of hydrogen-bond acceptors (Lipinski definition) is 4. The van der Waals surface area contributed by atoms with Crippen molar-refractivity contribution in [1.82, 2.24) is 9.80 Å². The van der Waals surface area contributed by atoms with Crippen molar-refractivity contribution in [3.8, 4) is 0 Å². The number of para-hydroxylation sites is 1. The molecule has 6 heteroatoms. The maximum absolute atomic E-state index is 14.5. The molecule has 150 valence electrons. The number of nitrogens with zero attached hydrogens (tertiary/aromatic N) is 3. The van der Waals surface area contributed by atoms with Crippen LogP contribution in [0, 0.1) is 12.7 Å². The van der Waals surface area contributed by atoms with Crippen LogP contribution in [-0.2, 0) is 9.59 Å². The van der Waals surface area contributed by atoms with Gasteiger partial charge in [0, 0.05) is 26.2 Å². The summed E-state index contributed by atoms with van der Waals surface area (Å²) in [6, 6.07) is 13.4. The van der Waals surface area contributed by atoms with Crippen molar-refractivity contribution in [2.75, 3.05) is 37.6 Å². The quantitative estimate of drug-likeness (QED) is 0.749. The summed E-state index contributed by atoms with van der Waals surface area (Å²) >= 11 is 0. The SMILES string of the molecule is CCN1CCN(C2=C(c3ccc(C)cc3)C(=O)N(c3ccccc3F)C2=O)CC1. The summed E-state index contributed by atoms with van der Waals surface area (Å²) in [7, 11) is 0. The summed E-state index contributed by atoms with van der Waals surface area (Å²) in [6.45, 7) is 7.98. The largest absolute Gasteiger partial charge is 0.364 e. The van der Waals surface area contributed by atoms with Crippen LogP contribution in [0.15, 0.2) is 54.2 Å². The highest BCUT2D eigenvalue weighted by Gasteiger charge is 2.43. The second-order valence-corrected chi connectivity index (χ2v) is 7.41. The van der Waals surface area contributed by atoms with E-state index in [2.05, 4.69) is 11.8 Å². The Bertz CT molecular complexity index is 976. The van der Waals surface area contributed by atoms with E-state index in [0.29, 0.717) is 29.9 Å². The maximum Gasteiger partial charge on any atom is 0.282 e. The normalized spacial score (nSPS) is 18.2. The summed E-state index contributed by atoms with van der Waals surface area (Å²) in [5.41, 5.74) is 2.46. The Kier molecular flexibility index (Phi) is 5.20. The minimum atomic E-state index is -0.588. The third kappa shape index (κ3) is 3.44. The zero-order valence-electron chi connectivity index (χ0n) is 16.7. The molecule has 0 unspecified atom stereocenters. The first-order chi connectivity index (χ1) is 14.0. The van der Waals surface area contributed by atoms with E-state index in [1.54, 1.807) is 12.1 Å². The highest BCUT2D eigenvalue weighted by molar-refractivity contribution is 6.45. The van der Waals surface area contributed by atoms with Gasteiger partial charge in [0.15, 0.2) is 0 Å². The average molecular weight is 393 g/mol. The molecule has 0 N–H and O–H groups in total. The van der Waals surface area contributed by atoms with E-state index < -0.39 is 17.6 Å². The number of imide groups is 1. The van der Waals surface area contributed by atoms with Crippen LogP contribution in [0.2, 0.25) is 0 Å². The predicted molar refractivity (Wildman–Crippen MR) is 111 cm³/mol. The molecule has 29 heavy (non-hydrogen) atoms. The van der Waals surface area contributed by atoms with E-state index >= 15 is 0 Å². The number of benzene rings is 2. The van der Waals surface area contributed by atoms with E-state index in [-0.39, 0.29) is 5.69 Å². The Balaban J connectivity index is 1.79. The van der Waals surface area contributed by atoms with Gasteiger partial charge in [-0.25, -0.2) is 9.29 Å². The molecule has 2 aromatic rings. The van der Waals surface area contributed by atoms with Gasteiger partial charge in [0.2, 0.25) is 0 Å². The number of hydrogen-bond donors (Lipinski definition) is 0. The molecule has 0 aromatic heterocycles. The van der Waals surface area contributed by atoms with Gasteiger partial charge in [-0.2, -0.15) is 0 Å². The van der Waals surface area contributed by atoms with Crippen molar-refractivity contribution >= 4 is 23.1 Å². The van der Waals surface area contributed by atoms with Crippen LogP contribution < -0.4 is 4.90 Å². The zero-order chi connectivity index (χ0) is 20.5. The van der Waals surface area contributed by atoms with Gasteiger partial charge in [-0.3, -0.25) is 9.59 Å². The van der Waals surface area contributed by atoms with E-state index in [1.165, 1.54) is 12.1 Å². The lowest BCUT2D eigenvalue weighted by atomic mass is 10.0. The minimum Gasteiger partial charge on any atom is -0.364 e. The lowest BCUT2D eigenvalue weighted by Crippen LogP contribution is -2.47. The molecule has 2 aliphatic heterocycles. The summed E-state index contributed by atoms with van der Waals surface area (Å²) in [5.74, 6) is -1.52. The molecule has 2 aliphatic rings. The van der Waals surface area contributed by atoms with Crippen molar-refractivity contribution in [3.05, 3.63) is 71.2 Å². The van der Waals surface area contributed by atoms with Crippen LogP contribution in [0.3, 0.4) is 0 Å². The molecule has 2 heterocycles. The molecule has 0 radical (unpaired) electrons. The molecule has 0 saturated carbocycles. The summed E-state index contributed by atoms with van der Waals surface area (Å²) in [6.07, 6.45) is 0. The van der Waals surface area contributed by atoms with E-state index in [0.717, 1.165) is 30.1 Å². The number of piperazine rings is 1. The second-order valence-electron chi connectivity index (χ2n) is 7.41. The minimum absolute atomic E-state index is 0.00527. The van der Waals surface area contributed by atoms with Crippen LogP contribution in [0.4, 0.5) is 10.1 Å². The summed E-state index contributed by atoms with van der Waals surface area (Å²) < 4.78 is 14.5. The molecule has 2 aromatic carbocycles. The second kappa shape index (κ2) is 7.79. The molecule has 0 atom stereocenters. The van der Waals surface area contributed by atoms with Gasteiger partial charge in [0.05, 0.1) is 11.3 Å². The van der Waals surface area contributed by atoms with Crippen LogP contribution in [-0.4, -0.2) is 54.3 Å². The van der Waals surface area contributed by atoms with Crippen LogP contribution >= 0.6 is 0 Å². The van der Waals surface area contributed by atoms with Crippen molar-refractivity contribution in [2.24, 2.45) is 0 Å². The monoisotopic (exact) mass is 393 g/mol. The summed E-state index contributed by atoms with van der Waals surface area (Å²) in [5, 5.41) is 0. The fourth-order valence-corrected chi connectivity index (χ4v) is 3.93. The summed E-state index contributed by atoms with van der Waals surface area (Å²) in [4.78, 5) is 32.0. The highest BCUT2D eigenvalue weighted by Crippen LogP contribution is 2.36. The van der Waals surface area contributed by atoms with E-state index in [1.807, 2.05) is 36.1 Å². The van der Waals surface area contributed by atoms with Crippen molar-refractivity contribution < 1.29 is 14.0 Å². The third-order valence-corrected chi connectivity index (χ3v) is 5.63. The standard InChI is InChI=1S/C23H24FN3O2/c1-3-25-12-14-26(15-13-25)21-20(17-10-8-16(2)9-11-17)22(28)27(23(21)29)19-7-5-4-6-18(19)24/h4-11H,3,12-15H2,1-2H3. The molecule has 1 fully saturated rings. The van der Waals surface area contributed by atoms with Gasteiger partial charge < -0.3 is 9.80 Å². The fraction of sp³-hybridized carbons (Fsp3) is 0.304. The van der Waals surface area contributed by atoms with Crippen molar-refractivity contribution in [2.45, 2.75) is 13.8 Å². The first-order valence-electron chi connectivity index (χ1n) is 9.93. The molecular weight excluding hydrogens is 369 g/mol. The Labute approximate surface area is 170 Å². The van der Waals surface area contributed by atoms with E-state index in [9.17, 15) is 14.0 Å². The smallest absolute Gasteiger partial charge is 0.282 e. The third-order valence-electron chi connectivity index (χ3n) is 5.63. The van der Waals surface area contributed by atoms with Crippen LogP contribution in [0.25, 0.3) is 5.57 Å². The van der Waals surface area contributed by atoms with Gasteiger partial charge in [-0.15, -0.1) is 0 Å². The number of aryl methyl sites for hydroxylation is 1. The number of rotatable bonds is 4. The molecule has 5 nitrogen and oxygen atoms in total. The number of carbonyl (C=O) groups is 2. The zero-order valence-corrected chi connectivity index (χ0v) is 16.7. The number of halogens is 1. The average Bonchev–Trinajstić information content (AvgIpc) is 2.99. The van der Waals surface area contributed by atoms with Gasteiger partial charge >= 0.3 is 0 Å². The molecule has 0 aliphatic carbocycles. The van der Waals surface area contributed by atoms with Gasteiger partial charge in [-0.1, -0.05) is 48.9 Å². The Morgan fingerprint density at radius 2 is 1.55 bits per heavy atom. The molecular formula is C23H24FN3O2. The van der Waals surface area contributed by atoms with Crippen molar-refractivity contribution in [1.29, 1.82) is 0 Å². The maximum atomic E-state index is 14.5. The van der Waals surface area contributed by atoms with Gasteiger partial charge in [-0.05, 0) is 31.2 Å². The van der Waals surface area contributed by atoms with Crippen molar-refractivity contribution in [3.63, 3.8) is 0 Å². The number of likely N-dealkylation sites (N-methyl/N-ethyl adjacent to an activating group) is 1. The lowest BCUT2D eigenvalue weighted by molar-refractivity contribution is -0.120.